The molecule has 1 unspecified atom stereocenters. The molecule has 0 heterocycles. The van der Waals surface area contributed by atoms with Crippen molar-refractivity contribution >= 4 is 15.9 Å². The van der Waals surface area contributed by atoms with Gasteiger partial charge in [0.05, 0.1) is 4.47 Å². The molecule has 1 aromatic rings. The summed E-state index contributed by atoms with van der Waals surface area (Å²) in [5.41, 5.74) is 6.96. The van der Waals surface area contributed by atoms with Gasteiger partial charge in [-0.05, 0) is 60.4 Å². The van der Waals surface area contributed by atoms with Crippen LogP contribution in [-0.4, -0.2) is 31.1 Å². The summed E-state index contributed by atoms with van der Waals surface area (Å²) in [4.78, 5) is 2.37. The lowest BCUT2D eigenvalue weighted by atomic mass is 10.1. The lowest BCUT2D eigenvalue weighted by Gasteiger charge is -2.17. The van der Waals surface area contributed by atoms with Crippen molar-refractivity contribution in [2.75, 3.05) is 20.2 Å². The van der Waals surface area contributed by atoms with Crippen LogP contribution in [0.5, 0.6) is 5.75 Å². The van der Waals surface area contributed by atoms with Crippen molar-refractivity contribution in [1.29, 1.82) is 0 Å². The Morgan fingerprint density at radius 3 is 2.78 bits per heavy atom. The minimum Gasteiger partial charge on any atom is -0.491 e. The van der Waals surface area contributed by atoms with Crippen molar-refractivity contribution in [2.24, 2.45) is 5.73 Å². The van der Waals surface area contributed by atoms with Crippen LogP contribution >= 0.6 is 15.9 Å². The van der Waals surface area contributed by atoms with Crippen LogP contribution in [0.2, 0.25) is 0 Å². The summed E-state index contributed by atoms with van der Waals surface area (Å²) in [7, 11) is 2.16. The van der Waals surface area contributed by atoms with Gasteiger partial charge in [-0.15, -0.1) is 0 Å². The van der Waals surface area contributed by atoms with E-state index in [1.54, 1.807) is 0 Å². The van der Waals surface area contributed by atoms with E-state index in [1.807, 2.05) is 25.1 Å². The number of nitrogens with two attached hydrogens (primary N) is 1. The standard InChI is InChI=1S/C14H21BrN2O/c1-10(16)11-3-6-14(13(15)9-11)18-8-7-17(2)12-4-5-12/h3,6,9-10,12H,4-5,7-8,16H2,1-2H3. The Labute approximate surface area is 117 Å². The average Bonchev–Trinajstić information content (AvgIpc) is 3.14. The molecule has 1 fully saturated rings. The molecule has 1 aliphatic carbocycles. The highest BCUT2D eigenvalue weighted by atomic mass is 79.9. The molecule has 1 aliphatic rings. The summed E-state index contributed by atoms with van der Waals surface area (Å²) < 4.78 is 6.77. The van der Waals surface area contributed by atoms with Crippen molar-refractivity contribution in [3.8, 4) is 5.75 Å². The predicted molar refractivity (Wildman–Crippen MR) is 77.9 cm³/mol. The van der Waals surface area contributed by atoms with Crippen LogP contribution in [0, 0.1) is 0 Å². The number of benzene rings is 1. The number of ether oxygens (including phenoxy) is 1. The lowest BCUT2D eigenvalue weighted by Crippen LogP contribution is -2.26. The Kier molecular flexibility index (Phi) is 4.65. The minimum atomic E-state index is 0.0522. The molecule has 3 nitrogen and oxygen atoms in total. The molecule has 0 aliphatic heterocycles. The summed E-state index contributed by atoms with van der Waals surface area (Å²) in [5, 5.41) is 0. The van der Waals surface area contributed by atoms with Gasteiger partial charge in [-0.25, -0.2) is 0 Å². The smallest absolute Gasteiger partial charge is 0.133 e. The lowest BCUT2D eigenvalue weighted by molar-refractivity contribution is 0.231. The molecular formula is C14H21BrN2O. The highest BCUT2D eigenvalue weighted by Gasteiger charge is 2.25. The Morgan fingerprint density at radius 2 is 2.22 bits per heavy atom. The second-order valence-electron chi connectivity index (χ2n) is 5.04. The molecule has 2 rings (SSSR count). The maximum atomic E-state index is 5.84. The van der Waals surface area contributed by atoms with E-state index in [1.165, 1.54) is 12.8 Å². The zero-order chi connectivity index (χ0) is 13.1. The van der Waals surface area contributed by atoms with E-state index in [-0.39, 0.29) is 6.04 Å². The molecule has 0 radical (unpaired) electrons. The van der Waals surface area contributed by atoms with Gasteiger partial charge in [-0.3, -0.25) is 0 Å². The zero-order valence-corrected chi connectivity index (χ0v) is 12.6. The second-order valence-corrected chi connectivity index (χ2v) is 5.89. The largest absolute Gasteiger partial charge is 0.491 e. The van der Waals surface area contributed by atoms with Crippen molar-refractivity contribution < 1.29 is 4.74 Å². The Morgan fingerprint density at radius 1 is 1.50 bits per heavy atom. The Bertz CT molecular complexity index is 405. The molecule has 0 aromatic heterocycles. The van der Waals surface area contributed by atoms with Gasteiger partial charge >= 0.3 is 0 Å². The number of hydrogen-bond acceptors (Lipinski definition) is 3. The number of hydrogen-bond donors (Lipinski definition) is 1. The van der Waals surface area contributed by atoms with Gasteiger partial charge in [0.15, 0.2) is 0 Å². The van der Waals surface area contributed by atoms with Crippen LogP contribution in [0.4, 0.5) is 0 Å². The fourth-order valence-electron chi connectivity index (χ4n) is 1.91. The van der Waals surface area contributed by atoms with E-state index in [9.17, 15) is 0 Å². The first-order valence-corrected chi connectivity index (χ1v) is 7.25. The van der Waals surface area contributed by atoms with Gasteiger partial charge in [0.1, 0.15) is 12.4 Å². The first kappa shape index (κ1) is 13.8. The van der Waals surface area contributed by atoms with E-state index in [4.69, 9.17) is 10.5 Å². The Balaban J connectivity index is 1.85. The number of likely N-dealkylation sites (N-methyl/N-ethyl adjacent to an activating group) is 1. The molecule has 0 saturated heterocycles. The third kappa shape index (κ3) is 3.70. The highest BCUT2D eigenvalue weighted by molar-refractivity contribution is 9.10. The third-order valence-electron chi connectivity index (χ3n) is 3.35. The van der Waals surface area contributed by atoms with E-state index >= 15 is 0 Å². The summed E-state index contributed by atoms with van der Waals surface area (Å²) in [5.74, 6) is 0.892. The van der Waals surface area contributed by atoms with Crippen LogP contribution < -0.4 is 10.5 Å². The topological polar surface area (TPSA) is 38.5 Å². The molecule has 1 saturated carbocycles. The summed E-state index contributed by atoms with van der Waals surface area (Å²) in [6.45, 7) is 3.68. The second kappa shape index (κ2) is 6.04. The predicted octanol–water partition coefficient (Wildman–Crippen LogP) is 2.94. The van der Waals surface area contributed by atoms with Crippen molar-refractivity contribution in [1.82, 2.24) is 4.90 Å². The molecule has 18 heavy (non-hydrogen) atoms. The van der Waals surface area contributed by atoms with Gasteiger partial charge in [-0.2, -0.15) is 0 Å². The van der Waals surface area contributed by atoms with Crippen LogP contribution in [0.15, 0.2) is 22.7 Å². The molecule has 4 heteroatoms. The monoisotopic (exact) mass is 312 g/mol. The SMILES string of the molecule is CC(N)c1ccc(OCCN(C)C2CC2)c(Br)c1. The Hall–Kier alpha value is -0.580. The average molecular weight is 313 g/mol. The minimum absolute atomic E-state index is 0.0522. The van der Waals surface area contributed by atoms with Gasteiger partial charge in [-0.1, -0.05) is 6.07 Å². The van der Waals surface area contributed by atoms with Crippen LogP contribution in [0.1, 0.15) is 31.4 Å². The molecule has 0 bridgehead atoms. The van der Waals surface area contributed by atoms with Gasteiger partial charge in [0.25, 0.3) is 0 Å². The third-order valence-corrected chi connectivity index (χ3v) is 3.97. The summed E-state index contributed by atoms with van der Waals surface area (Å²) in [6.07, 6.45) is 2.67. The van der Waals surface area contributed by atoms with Crippen LogP contribution in [0.25, 0.3) is 0 Å². The van der Waals surface area contributed by atoms with E-state index in [2.05, 4.69) is 27.9 Å². The van der Waals surface area contributed by atoms with Crippen molar-refractivity contribution in [3.63, 3.8) is 0 Å². The molecule has 0 amide bonds. The fraction of sp³-hybridized carbons (Fsp3) is 0.571. The number of rotatable bonds is 6. The molecular weight excluding hydrogens is 292 g/mol. The molecule has 100 valence electrons. The van der Waals surface area contributed by atoms with Crippen molar-refractivity contribution in [3.05, 3.63) is 28.2 Å². The maximum absolute atomic E-state index is 5.84. The van der Waals surface area contributed by atoms with Gasteiger partial charge in [0.2, 0.25) is 0 Å². The van der Waals surface area contributed by atoms with Crippen LogP contribution in [-0.2, 0) is 0 Å². The van der Waals surface area contributed by atoms with Gasteiger partial charge in [0, 0.05) is 18.6 Å². The van der Waals surface area contributed by atoms with Crippen molar-refractivity contribution in [2.45, 2.75) is 31.8 Å². The molecule has 2 N–H and O–H groups in total. The number of halogens is 1. The molecule has 1 atom stereocenters. The summed E-state index contributed by atoms with van der Waals surface area (Å²) in [6, 6.07) is 6.88. The van der Waals surface area contributed by atoms with E-state index < -0.39 is 0 Å². The van der Waals surface area contributed by atoms with E-state index in [0.29, 0.717) is 0 Å². The first-order chi connectivity index (χ1) is 8.58. The fourth-order valence-corrected chi connectivity index (χ4v) is 2.43. The quantitative estimate of drug-likeness (QED) is 0.877. The van der Waals surface area contributed by atoms with Gasteiger partial charge < -0.3 is 15.4 Å². The maximum Gasteiger partial charge on any atom is 0.133 e. The molecule has 0 spiro atoms. The number of nitrogens with zero attached hydrogens (tertiary/aromatic N) is 1. The van der Waals surface area contributed by atoms with Crippen LogP contribution in [0.3, 0.4) is 0 Å². The first-order valence-electron chi connectivity index (χ1n) is 6.46. The molecule has 1 aromatic carbocycles. The normalized spacial score (nSPS) is 16.9. The van der Waals surface area contributed by atoms with E-state index in [0.717, 1.165) is 35.0 Å². The zero-order valence-electron chi connectivity index (χ0n) is 11.0. The highest BCUT2D eigenvalue weighted by Crippen LogP contribution is 2.28. The summed E-state index contributed by atoms with van der Waals surface area (Å²) >= 11 is 3.53.